The smallest absolute Gasteiger partial charge is 0.392 e. The van der Waals surface area contributed by atoms with E-state index in [9.17, 15) is 28.4 Å². The summed E-state index contributed by atoms with van der Waals surface area (Å²) in [5.74, 6) is -0.526. The number of likely N-dealkylation sites (tertiary alicyclic amines) is 1. The molecule has 17 heteroatoms. The van der Waals surface area contributed by atoms with E-state index in [1.165, 1.54) is 43.0 Å². The van der Waals surface area contributed by atoms with Gasteiger partial charge < -0.3 is 39.9 Å². The minimum Gasteiger partial charge on any atom is -0.489 e. The van der Waals surface area contributed by atoms with Gasteiger partial charge in [-0.3, -0.25) is 9.69 Å². The number of aromatic nitrogens is 3. The van der Waals surface area contributed by atoms with Crippen molar-refractivity contribution in [2.45, 2.75) is 126 Å². The average molecular weight is 933 g/mol. The van der Waals surface area contributed by atoms with Gasteiger partial charge in [0.1, 0.15) is 23.8 Å². The van der Waals surface area contributed by atoms with E-state index in [-0.39, 0.29) is 35.4 Å². The van der Waals surface area contributed by atoms with Crippen molar-refractivity contribution in [3.8, 4) is 17.2 Å². The van der Waals surface area contributed by atoms with Crippen molar-refractivity contribution in [2.75, 3.05) is 36.5 Å². The SMILES string of the molecule is CC(C)c1ccccc1[C@@H]1CCCN1C1CC2(CCN(c3ccc(C(=O)NS(=O)(=O)c4cc5c(c([N+](=O)[O-])n4)N[C@@H](CC4CCC(C)(O)CC4)CO5)c(Oc4cnc5[nH]ccc5c4)c3)CC2)C1. The number of anilines is 2. The van der Waals surface area contributed by atoms with Crippen LogP contribution < -0.4 is 24.4 Å². The van der Waals surface area contributed by atoms with Gasteiger partial charge in [-0.25, -0.2) is 9.71 Å². The number of rotatable bonds is 12. The Morgan fingerprint density at radius 3 is 2.58 bits per heavy atom. The Labute approximate surface area is 391 Å². The van der Waals surface area contributed by atoms with E-state index in [1.54, 1.807) is 30.5 Å². The number of sulfonamides is 1. The molecule has 2 aliphatic carbocycles. The number of nitro groups is 1. The molecule has 4 fully saturated rings. The Kier molecular flexibility index (Phi) is 11.9. The fourth-order valence-electron chi connectivity index (χ4n) is 11.5. The Morgan fingerprint density at radius 1 is 1.04 bits per heavy atom. The Morgan fingerprint density at radius 2 is 1.82 bits per heavy atom. The molecule has 5 aliphatic rings. The zero-order valence-corrected chi connectivity index (χ0v) is 39.2. The third-order valence-electron chi connectivity index (χ3n) is 15.3. The second kappa shape index (κ2) is 17.7. The highest BCUT2D eigenvalue weighted by molar-refractivity contribution is 7.90. The van der Waals surface area contributed by atoms with Gasteiger partial charge in [0.2, 0.25) is 0 Å². The van der Waals surface area contributed by atoms with Crippen LogP contribution in [0.15, 0.2) is 78.1 Å². The fourth-order valence-corrected chi connectivity index (χ4v) is 12.5. The van der Waals surface area contributed by atoms with Crippen molar-refractivity contribution in [3.63, 3.8) is 0 Å². The number of nitrogens with one attached hydrogen (secondary N) is 3. The lowest BCUT2D eigenvalue weighted by Gasteiger charge is -2.56. The van der Waals surface area contributed by atoms with Crippen LogP contribution in [0.1, 0.15) is 125 Å². The quantitative estimate of drug-likeness (QED) is 0.0682. The van der Waals surface area contributed by atoms with Crippen LogP contribution in [-0.2, 0) is 10.0 Å². The van der Waals surface area contributed by atoms with Gasteiger partial charge in [0.15, 0.2) is 11.4 Å². The number of nitrogens with zero attached hydrogens (tertiary/aromatic N) is 5. The van der Waals surface area contributed by atoms with Gasteiger partial charge in [-0.2, -0.15) is 8.42 Å². The van der Waals surface area contributed by atoms with Gasteiger partial charge in [-0.15, -0.1) is 0 Å². The highest BCUT2D eigenvalue weighted by atomic mass is 32.2. The largest absolute Gasteiger partial charge is 0.489 e. The second-order valence-corrected chi connectivity index (χ2v) is 21.9. The summed E-state index contributed by atoms with van der Waals surface area (Å²) in [4.78, 5) is 42.2. The number of piperidine rings is 1. The van der Waals surface area contributed by atoms with Gasteiger partial charge in [0, 0.05) is 54.6 Å². The number of hydrogen-bond donors (Lipinski definition) is 4. The zero-order chi connectivity index (χ0) is 46.7. The molecule has 4 N–H and O–H groups in total. The number of aliphatic hydroxyl groups is 1. The van der Waals surface area contributed by atoms with Gasteiger partial charge in [0.05, 0.1) is 23.4 Å². The number of carbonyl (C=O) groups is 1. The van der Waals surface area contributed by atoms with Crippen LogP contribution in [0.5, 0.6) is 17.2 Å². The highest BCUT2D eigenvalue weighted by Crippen LogP contribution is 2.54. The van der Waals surface area contributed by atoms with Crippen LogP contribution in [0.3, 0.4) is 0 Å². The number of carbonyl (C=O) groups excluding carboxylic acids is 1. The summed E-state index contributed by atoms with van der Waals surface area (Å²) in [6, 6.07) is 19.6. The van der Waals surface area contributed by atoms with Crippen LogP contribution in [-0.4, -0.2) is 88.1 Å². The molecule has 2 atom stereocenters. The second-order valence-electron chi connectivity index (χ2n) is 20.3. The summed E-state index contributed by atoms with van der Waals surface area (Å²) in [5.41, 5.74) is 3.97. The molecule has 3 aromatic heterocycles. The molecule has 1 amide bonds. The minimum atomic E-state index is -4.76. The predicted octanol–water partition coefficient (Wildman–Crippen LogP) is 8.99. The standard InChI is InChI=1S/C50H60N8O8S/c1-31(2)38-7-4-5-8-39(38)41-9-6-20-57(41)36-27-50(28-36)17-21-56(22-18-50)35-10-11-40(42(25-35)66-37-24-33-14-19-51-46(33)52-29-37)48(59)55-67(63,64)44-26-43-45(47(54-44)58(61)62)53-34(30-65-43)23-32-12-15-49(3,60)16-13-32/h4-5,7-8,10-11,14,19,24-26,29,31-32,34,36,41,53,60H,6,9,12-13,15-18,20-23,27-28,30H2,1-3H3,(H,51,52)(H,55,59)/t32?,34-,41-,49?/m0/s1. The van der Waals surface area contributed by atoms with E-state index >= 15 is 0 Å². The first-order valence-electron chi connectivity index (χ1n) is 23.9. The lowest BCUT2D eigenvalue weighted by atomic mass is 9.59. The average Bonchev–Trinajstić information content (AvgIpc) is 3.98. The molecule has 2 saturated heterocycles. The maximum Gasteiger partial charge on any atom is 0.392 e. The van der Waals surface area contributed by atoms with E-state index in [2.05, 4.69) is 72.9 Å². The van der Waals surface area contributed by atoms with E-state index in [4.69, 9.17) is 9.47 Å². The number of amides is 1. The zero-order valence-electron chi connectivity index (χ0n) is 38.4. The fraction of sp³-hybridized carbons (Fsp3) is 0.500. The number of fused-ring (bicyclic) bond motifs is 2. The van der Waals surface area contributed by atoms with Crippen LogP contribution in [0.2, 0.25) is 0 Å². The molecule has 1 spiro atoms. The number of H-pyrrole nitrogens is 1. The monoisotopic (exact) mass is 932 g/mol. The summed E-state index contributed by atoms with van der Waals surface area (Å²) >= 11 is 0. The summed E-state index contributed by atoms with van der Waals surface area (Å²) in [5, 5.41) is 25.9. The minimum absolute atomic E-state index is 0.0159. The molecule has 2 saturated carbocycles. The normalized spacial score (nSPS) is 24.2. The topological polar surface area (TPSA) is 205 Å². The van der Waals surface area contributed by atoms with E-state index in [0.717, 1.165) is 62.5 Å². The summed E-state index contributed by atoms with van der Waals surface area (Å²) in [6.07, 6.45) is 13.8. The van der Waals surface area contributed by atoms with E-state index in [1.807, 2.05) is 13.0 Å². The van der Waals surface area contributed by atoms with Gasteiger partial charge in [0.25, 0.3) is 10.9 Å². The Bertz CT molecular complexity index is 2790. The predicted molar refractivity (Wildman–Crippen MR) is 254 cm³/mol. The molecule has 0 unspecified atom stereocenters. The van der Waals surface area contributed by atoms with Crippen molar-refractivity contribution < 1.29 is 32.7 Å². The highest BCUT2D eigenvalue weighted by Gasteiger charge is 2.50. The number of hydrogen-bond acceptors (Lipinski definition) is 13. The van der Waals surface area contributed by atoms with Crippen molar-refractivity contribution in [3.05, 3.63) is 99.9 Å². The molecule has 67 heavy (non-hydrogen) atoms. The molecular weight excluding hydrogens is 873 g/mol. The van der Waals surface area contributed by atoms with Crippen LogP contribution in [0.4, 0.5) is 17.2 Å². The summed E-state index contributed by atoms with van der Waals surface area (Å²) < 4.78 is 42.2. The number of pyridine rings is 2. The summed E-state index contributed by atoms with van der Waals surface area (Å²) in [6.45, 7) is 9.35. The lowest BCUT2D eigenvalue weighted by Crippen LogP contribution is -2.54. The first-order valence-corrected chi connectivity index (χ1v) is 25.3. The third kappa shape index (κ3) is 9.17. The van der Waals surface area contributed by atoms with Gasteiger partial charge >= 0.3 is 15.8 Å². The molecule has 2 aromatic carbocycles. The molecule has 0 bridgehead atoms. The molecule has 6 heterocycles. The van der Waals surface area contributed by atoms with Crippen molar-refractivity contribution in [1.82, 2.24) is 24.6 Å². The number of aromatic amines is 1. The number of ether oxygens (including phenoxy) is 2. The number of benzene rings is 2. The molecule has 16 nitrogen and oxygen atoms in total. The molecule has 10 rings (SSSR count). The molecule has 0 radical (unpaired) electrons. The first kappa shape index (κ1) is 45.0. The lowest BCUT2D eigenvalue weighted by molar-refractivity contribution is -0.389. The van der Waals surface area contributed by atoms with E-state index < -0.39 is 37.3 Å². The maximum atomic E-state index is 14.1. The Hall–Kier alpha value is -5.78. The van der Waals surface area contributed by atoms with Gasteiger partial charge in [-0.05, 0) is 147 Å². The van der Waals surface area contributed by atoms with Crippen molar-refractivity contribution >= 4 is 44.2 Å². The van der Waals surface area contributed by atoms with E-state index in [0.29, 0.717) is 60.0 Å². The molecule has 354 valence electrons. The third-order valence-corrected chi connectivity index (χ3v) is 16.5. The van der Waals surface area contributed by atoms with Gasteiger partial charge in [-0.1, -0.05) is 38.1 Å². The van der Waals surface area contributed by atoms with Crippen molar-refractivity contribution in [1.29, 1.82) is 0 Å². The first-order chi connectivity index (χ1) is 32.1. The summed E-state index contributed by atoms with van der Waals surface area (Å²) in [7, 11) is -4.76. The van der Waals surface area contributed by atoms with Crippen LogP contribution in [0.25, 0.3) is 11.0 Å². The molecular formula is C50H60N8O8S. The van der Waals surface area contributed by atoms with Crippen LogP contribution in [0, 0.1) is 21.4 Å². The molecule has 5 aromatic rings. The van der Waals surface area contributed by atoms with Crippen LogP contribution >= 0.6 is 0 Å². The molecule has 3 aliphatic heterocycles. The Balaban J connectivity index is 0.845. The van der Waals surface area contributed by atoms with Crippen molar-refractivity contribution in [2.24, 2.45) is 11.3 Å². The maximum absolute atomic E-state index is 14.1.